The lowest BCUT2D eigenvalue weighted by molar-refractivity contribution is -0.274. The van der Waals surface area contributed by atoms with Gasteiger partial charge in [0.05, 0.1) is 5.02 Å². The van der Waals surface area contributed by atoms with Gasteiger partial charge in [0.15, 0.2) is 0 Å². The van der Waals surface area contributed by atoms with Crippen LogP contribution in [0.4, 0.5) is 13.2 Å². The Kier molecular flexibility index (Phi) is 2.93. The lowest BCUT2D eigenvalue weighted by Crippen LogP contribution is -2.17. The Labute approximate surface area is 82.0 Å². The molecule has 71 valence electrons. The van der Waals surface area contributed by atoms with Crippen LogP contribution in [0.25, 0.3) is 0 Å². The Balaban J connectivity index is 2.94. The number of benzene rings is 1. The van der Waals surface area contributed by atoms with Gasteiger partial charge in [0.1, 0.15) is 5.75 Å². The molecule has 0 unspecified atom stereocenters. The first-order valence-electron chi connectivity index (χ1n) is 3.01. The standard InChI is InChI=1S/C7H2Cl2F3O/c8-4-1-2-5(9)6(3-4)13-7(10,11)12/h1,3H. The third-order valence-electron chi connectivity index (χ3n) is 1.05. The van der Waals surface area contributed by atoms with Crippen LogP contribution in [0, 0.1) is 6.07 Å². The Morgan fingerprint density at radius 2 is 1.92 bits per heavy atom. The Hall–Kier alpha value is -0.610. The molecule has 0 saturated heterocycles. The van der Waals surface area contributed by atoms with E-state index in [0.29, 0.717) is 0 Å². The van der Waals surface area contributed by atoms with Crippen LogP contribution in [-0.4, -0.2) is 6.36 Å². The molecular weight excluding hydrogens is 228 g/mol. The quantitative estimate of drug-likeness (QED) is 0.714. The predicted molar refractivity (Wildman–Crippen MR) is 42.0 cm³/mol. The molecule has 0 aliphatic rings. The van der Waals surface area contributed by atoms with Crippen molar-refractivity contribution in [2.45, 2.75) is 6.36 Å². The molecule has 0 fully saturated rings. The Bertz CT molecular complexity index is 311. The van der Waals surface area contributed by atoms with Crippen LogP contribution in [0.1, 0.15) is 0 Å². The summed E-state index contributed by atoms with van der Waals surface area (Å²) in [6, 6.07) is 4.51. The van der Waals surface area contributed by atoms with Gasteiger partial charge in [-0.2, -0.15) is 0 Å². The fourth-order valence-corrected chi connectivity index (χ4v) is 0.934. The summed E-state index contributed by atoms with van der Waals surface area (Å²) in [7, 11) is 0. The minimum absolute atomic E-state index is 0.0728. The maximum Gasteiger partial charge on any atom is 0.573 e. The van der Waals surface area contributed by atoms with Gasteiger partial charge in [0.2, 0.25) is 0 Å². The van der Waals surface area contributed by atoms with Gasteiger partial charge in [0, 0.05) is 17.2 Å². The Morgan fingerprint density at radius 3 is 2.46 bits per heavy atom. The second-order valence-electron chi connectivity index (χ2n) is 2.04. The Morgan fingerprint density at radius 1 is 1.31 bits per heavy atom. The molecule has 0 aliphatic heterocycles. The maximum absolute atomic E-state index is 11.7. The van der Waals surface area contributed by atoms with E-state index in [1.54, 1.807) is 0 Å². The zero-order valence-electron chi connectivity index (χ0n) is 5.95. The summed E-state index contributed by atoms with van der Waals surface area (Å²) in [5.74, 6) is -0.554. The van der Waals surface area contributed by atoms with E-state index in [2.05, 4.69) is 10.8 Å². The van der Waals surface area contributed by atoms with Crippen LogP contribution in [0.3, 0.4) is 0 Å². The third-order valence-corrected chi connectivity index (χ3v) is 1.56. The van der Waals surface area contributed by atoms with E-state index in [1.165, 1.54) is 6.07 Å². The summed E-state index contributed by atoms with van der Waals surface area (Å²) >= 11 is 10.8. The molecule has 0 heterocycles. The van der Waals surface area contributed by atoms with E-state index < -0.39 is 12.1 Å². The molecule has 0 spiro atoms. The number of halogens is 5. The van der Waals surface area contributed by atoms with Gasteiger partial charge in [-0.1, -0.05) is 23.2 Å². The predicted octanol–water partition coefficient (Wildman–Crippen LogP) is 3.69. The van der Waals surface area contributed by atoms with Gasteiger partial charge < -0.3 is 4.74 Å². The molecule has 1 radical (unpaired) electrons. The van der Waals surface area contributed by atoms with Crippen LogP contribution in [-0.2, 0) is 0 Å². The topological polar surface area (TPSA) is 9.23 Å². The molecular formula is C7H2Cl2F3O. The minimum atomic E-state index is -4.78. The maximum atomic E-state index is 11.7. The molecule has 1 rings (SSSR count). The van der Waals surface area contributed by atoms with Crippen molar-refractivity contribution >= 4 is 23.2 Å². The highest BCUT2D eigenvalue weighted by Gasteiger charge is 2.32. The number of ether oxygens (including phenoxy) is 1. The minimum Gasteiger partial charge on any atom is -0.404 e. The molecule has 1 aromatic rings. The first-order chi connectivity index (χ1) is 5.88. The summed E-state index contributed by atoms with van der Waals surface area (Å²) < 4.78 is 38.7. The van der Waals surface area contributed by atoms with Gasteiger partial charge in [-0.3, -0.25) is 0 Å². The van der Waals surface area contributed by atoms with Crippen LogP contribution in [0.15, 0.2) is 12.1 Å². The van der Waals surface area contributed by atoms with Crippen molar-refractivity contribution in [3.63, 3.8) is 0 Å². The zero-order valence-corrected chi connectivity index (χ0v) is 7.46. The summed E-state index contributed by atoms with van der Waals surface area (Å²) in [5, 5.41) is -0.189. The molecule has 0 aliphatic carbocycles. The van der Waals surface area contributed by atoms with Crippen LogP contribution in [0.5, 0.6) is 5.75 Å². The fourth-order valence-electron chi connectivity index (χ4n) is 0.633. The normalized spacial score (nSPS) is 11.5. The zero-order chi connectivity index (χ0) is 10.1. The highest BCUT2D eigenvalue weighted by Crippen LogP contribution is 2.31. The summed E-state index contributed by atoms with van der Waals surface area (Å²) in [6.45, 7) is 0. The smallest absolute Gasteiger partial charge is 0.404 e. The molecule has 1 aromatic carbocycles. The SMILES string of the molecule is FC(F)(F)Oc1cc(Cl)c[c]c1Cl. The van der Waals surface area contributed by atoms with Gasteiger partial charge >= 0.3 is 6.36 Å². The van der Waals surface area contributed by atoms with Crippen molar-refractivity contribution in [1.29, 1.82) is 0 Å². The highest BCUT2D eigenvalue weighted by atomic mass is 35.5. The first-order valence-corrected chi connectivity index (χ1v) is 3.76. The van der Waals surface area contributed by atoms with Gasteiger partial charge in [-0.25, -0.2) is 0 Å². The number of hydrogen-bond acceptors (Lipinski definition) is 1. The van der Waals surface area contributed by atoms with Crippen molar-refractivity contribution in [2.24, 2.45) is 0 Å². The second-order valence-corrected chi connectivity index (χ2v) is 2.86. The van der Waals surface area contributed by atoms with E-state index in [9.17, 15) is 13.2 Å². The number of rotatable bonds is 1. The average molecular weight is 230 g/mol. The number of alkyl halides is 3. The lowest BCUT2D eigenvalue weighted by atomic mass is 10.3. The largest absolute Gasteiger partial charge is 0.573 e. The van der Waals surface area contributed by atoms with Gasteiger partial charge in [-0.05, 0) is 6.07 Å². The molecule has 0 aromatic heterocycles. The third kappa shape index (κ3) is 3.32. The van der Waals surface area contributed by atoms with Crippen molar-refractivity contribution in [2.75, 3.05) is 0 Å². The fraction of sp³-hybridized carbons (Fsp3) is 0.143. The summed E-state index contributed by atoms with van der Waals surface area (Å²) in [5.41, 5.74) is 0. The van der Waals surface area contributed by atoms with Crippen LogP contribution >= 0.6 is 23.2 Å². The first kappa shape index (κ1) is 10.5. The van der Waals surface area contributed by atoms with Crippen LogP contribution in [0.2, 0.25) is 10.0 Å². The van der Waals surface area contributed by atoms with E-state index in [0.717, 1.165) is 6.07 Å². The molecule has 1 nitrogen and oxygen atoms in total. The second kappa shape index (κ2) is 3.64. The monoisotopic (exact) mass is 229 g/mol. The van der Waals surface area contributed by atoms with Crippen molar-refractivity contribution in [3.8, 4) is 5.75 Å². The molecule has 0 amide bonds. The lowest BCUT2D eigenvalue weighted by Gasteiger charge is -2.09. The molecule has 6 heteroatoms. The molecule has 0 saturated carbocycles. The van der Waals surface area contributed by atoms with E-state index in [1.807, 2.05) is 0 Å². The van der Waals surface area contributed by atoms with Gasteiger partial charge in [0.25, 0.3) is 0 Å². The molecule has 0 atom stereocenters. The summed E-state index contributed by atoms with van der Waals surface area (Å²) in [6.07, 6.45) is -4.78. The number of hydrogen-bond donors (Lipinski definition) is 0. The van der Waals surface area contributed by atoms with E-state index in [4.69, 9.17) is 23.2 Å². The average Bonchev–Trinajstić information content (AvgIpc) is 1.94. The van der Waals surface area contributed by atoms with Crippen molar-refractivity contribution in [1.82, 2.24) is 0 Å². The van der Waals surface area contributed by atoms with E-state index in [-0.39, 0.29) is 10.0 Å². The van der Waals surface area contributed by atoms with E-state index >= 15 is 0 Å². The molecule has 0 N–H and O–H groups in total. The highest BCUT2D eigenvalue weighted by molar-refractivity contribution is 6.34. The molecule has 13 heavy (non-hydrogen) atoms. The van der Waals surface area contributed by atoms with Crippen molar-refractivity contribution < 1.29 is 17.9 Å². The molecule has 0 bridgehead atoms. The van der Waals surface area contributed by atoms with Crippen LogP contribution < -0.4 is 4.74 Å². The van der Waals surface area contributed by atoms with Crippen molar-refractivity contribution in [3.05, 3.63) is 28.2 Å². The van der Waals surface area contributed by atoms with Gasteiger partial charge in [-0.15, -0.1) is 13.2 Å². The summed E-state index contributed by atoms with van der Waals surface area (Å²) in [4.78, 5) is 0.